The molecule has 18 heavy (non-hydrogen) atoms. The average molecular weight is 276 g/mol. The van der Waals surface area contributed by atoms with Crippen LogP contribution in [0.1, 0.15) is 10.4 Å². The smallest absolute Gasteiger partial charge is 0.336 e. The molecule has 4 heteroatoms. The maximum Gasteiger partial charge on any atom is 0.336 e. The van der Waals surface area contributed by atoms with Crippen LogP contribution in [-0.4, -0.2) is 17.3 Å². The van der Waals surface area contributed by atoms with Gasteiger partial charge in [-0.25, -0.2) is 4.79 Å². The molecule has 92 valence electrons. The van der Waals surface area contributed by atoms with Crippen LogP contribution < -0.4 is 0 Å². The van der Waals surface area contributed by atoms with Gasteiger partial charge in [-0.05, 0) is 42.7 Å². The summed E-state index contributed by atoms with van der Waals surface area (Å²) in [5.41, 5.74) is 0.344. The second kappa shape index (κ2) is 5.98. The van der Waals surface area contributed by atoms with Crippen molar-refractivity contribution < 1.29 is 9.90 Å². The molecular formula is C14H12O2S2. The van der Waals surface area contributed by atoms with Crippen molar-refractivity contribution in [2.75, 3.05) is 6.26 Å². The van der Waals surface area contributed by atoms with Crippen molar-refractivity contribution in [3.8, 4) is 0 Å². The standard InChI is InChI=1S/C14H12O2S2/c1-17-10-6-8-11(9-7-10)18-13-5-3-2-4-12(13)14(15)16/h2-9H,1H3,(H,15,16). The molecule has 0 heterocycles. The fraction of sp³-hybridized carbons (Fsp3) is 0.0714. The Balaban J connectivity index is 2.25. The normalized spacial score (nSPS) is 10.3. The molecule has 2 aromatic rings. The highest BCUT2D eigenvalue weighted by molar-refractivity contribution is 7.99. The summed E-state index contributed by atoms with van der Waals surface area (Å²) in [5, 5.41) is 9.11. The molecule has 0 bridgehead atoms. The monoisotopic (exact) mass is 276 g/mol. The molecule has 0 unspecified atom stereocenters. The fourth-order valence-electron chi connectivity index (χ4n) is 1.50. The van der Waals surface area contributed by atoms with E-state index in [4.69, 9.17) is 5.11 Å². The molecule has 0 aliphatic carbocycles. The third-order valence-corrected chi connectivity index (χ3v) is 4.23. The zero-order valence-corrected chi connectivity index (χ0v) is 11.4. The van der Waals surface area contributed by atoms with Gasteiger partial charge in [-0.2, -0.15) is 0 Å². The van der Waals surface area contributed by atoms with Gasteiger partial charge in [0.05, 0.1) is 5.56 Å². The molecular weight excluding hydrogens is 264 g/mol. The minimum atomic E-state index is -0.890. The Morgan fingerprint density at radius 3 is 2.22 bits per heavy atom. The first-order valence-corrected chi connectivity index (χ1v) is 7.39. The van der Waals surface area contributed by atoms with Crippen molar-refractivity contribution in [2.45, 2.75) is 14.7 Å². The van der Waals surface area contributed by atoms with E-state index in [0.717, 1.165) is 9.79 Å². The van der Waals surface area contributed by atoms with Crippen molar-refractivity contribution in [1.29, 1.82) is 0 Å². The van der Waals surface area contributed by atoms with Gasteiger partial charge in [0.1, 0.15) is 0 Å². The van der Waals surface area contributed by atoms with E-state index < -0.39 is 5.97 Å². The highest BCUT2D eigenvalue weighted by Gasteiger charge is 2.09. The van der Waals surface area contributed by atoms with Crippen LogP contribution in [0, 0.1) is 0 Å². The topological polar surface area (TPSA) is 37.3 Å². The maximum absolute atomic E-state index is 11.1. The zero-order valence-electron chi connectivity index (χ0n) is 9.79. The fourth-order valence-corrected chi connectivity index (χ4v) is 2.85. The molecule has 0 radical (unpaired) electrons. The Morgan fingerprint density at radius 2 is 1.61 bits per heavy atom. The van der Waals surface area contributed by atoms with Crippen LogP contribution in [0.5, 0.6) is 0 Å². The van der Waals surface area contributed by atoms with Gasteiger partial charge < -0.3 is 5.11 Å². The third kappa shape index (κ3) is 3.09. The predicted octanol–water partition coefficient (Wildman–Crippen LogP) is 4.26. The summed E-state index contributed by atoms with van der Waals surface area (Å²) in [5.74, 6) is -0.890. The number of carboxylic acids is 1. The maximum atomic E-state index is 11.1. The quantitative estimate of drug-likeness (QED) is 0.847. The van der Waals surface area contributed by atoms with Crippen molar-refractivity contribution >= 4 is 29.5 Å². The number of rotatable bonds is 4. The lowest BCUT2D eigenvalue weighted by atomic mass is 10.2. The number of aromatic carboxylic acids is 1. The molecule has 0 aliphatic rings. The summed E-state index contributed by atoms with van der Waals surface area (Å²) in [6, 6.07) is 15.1. The van der Waals surface area contributed by atoms with Gasteiger partial charge in [-0.15, -0.1) is 11.8 Å². The van der Waals surface area contributed by atoms with Gasteiger partial charge >= 0.3 is 5.97 Å². The van der Waals surface area contributed by atoms with E-state index in [1.807, 2.05) is 42.7 Å². The van der Waals surface area contributed by atoms with Crippen molar-refractivity contribution in [1.82, 2.24) is 0 Å². The van der Waals surface area contributed by atoms with Crippen LogP contribution in [-0.2, 0) is 0 Å². The lowest BCUT2D eigenvalue weighted by Crippen LogP contribution is -1.97. The third-order valence-electron chi connectivity index (χ3n) is 2.40. The molecule has 2 aromatic carbocycles. The molecule has 0 saturated carbocycles. The summed E-state index contributed by atoms with van der Waals surface area (Å²) >= 11 is 3.16. The molecule has 0 aromatic heterocycles. The summed E-state index contributed by atoms with van der Waals surface area (Å²) in [4.78, 5) is 14.1. The molecule has 2 rings (SSSR count). The Bertz CT molecular complexity index is 550. The van der Waals surface area contributed by atoms with E-state index in [1.54, 1.807) is 23.9 Å². The van der Waals surface area contributed by atoms with Crippen molar-refractivity contribution in [3.05, 3.63) is 54.1 Å². The van der Waals surface area contributed by atoms with Crippen LogP contribution in [0.4, 0.5) is 0 Å². The Hall–Kier alpha value is -1.39. The number of thioether (sulfide) groups is 1. The van der Waals surface area contributed by atoms with E-state index in [0.29, 0.717) is 5.56 Å². The Labute approximate surface area is 114 Å². The van der Waals surface area contributed by atoms with Gasteiger partial charge in [0, 0.05) is 14.7 Å². The summed E-state index contributed by atoms with van der Waals surface area (Å²) in [6.07, 6.45) is 2.03. The summed E-state index contributed by atoms with van der Waals surface area (Å²) in [6.45, 7) is 0. The van der Waals surface area contributed by atoms with Crippen LogP contribution in [0.25, 0.3) is 0 Å². The first-order valence-electron chi connectivity index (χ1n) is 5.35. The van der Waals surface area contributed by atoms with E-state index in [1.165, 1.54) is 16.7 Å². The SMILES string of the molecule is CSc1ccc(Sc2ccccc2C(=O)O)cc1. The van der Waals surface area contributed by atoms with Crippen LogP contribution in [0.3, 0.4) is 0 Å². The molecule has 0 amide bonds. The molecule has 0 atom stereocenters. The van der Waals surface area contributed by atoms with Gasteiger partial charge in [0.15, 0.2) is 0 Å². The molecule has 1 N–H and O–H groups in total. The van der Waals surface area contributed by atoms with E-state index >= 15 is 0 Å². The molecule has 0 saturated heterocycles. The highest BCUT2D eigenvalue weighted by atomic mass is 32.2. The highest BCUT2D eigenvalue weighted by Crippen LogP contribution is 2.31. The Morgan fingerprint density at radius 1 is 1.00 bits per heavy atom. The number of carboxylic acid groups (broad SMARTS) is 1. The van der Waals surface area contributed by atoms with Crippen molar-refractivity contribution in [2.24, 2.45) is 0 Å². The second-order valence-corrected chi connectivity index (χ2v) is 5.57. The summed E-state index contributed by atoms with van der Waals surface area (Å²) < 4.78 is 0. The van der Waals surface area contributed by atoms with E-state index in [-0.39, 0.29) is 0 Å². The minimum absolute atomic E-state index is 0.344. The molecule has 2 nitrogen and oxygen atoms in total. The minimum Gasteiger partial charge on any atom is -0.478 e. The lowest BCUT2D eigenvalue weighted by molar-refractivity contribution is 0.0693. The number of hydrogen-bond donors (Lipinski definition) is 1. The molecule has 0 fully saturated rings. The first-order chi connectivity index (χ1) is 8.70. The van der Waals surface area contributed by atoms with Crippen molar-refractivity contribution in [3.63, 3.8) is 0 Å². The second-order valence-electron chi connectivity index (χ2n) is 3.58. The molecule has 0 spiro atoms. The van der Waals surface area contributed by atoms with Gasteiger partial charge in [-0.3, -0.25) is 0 Å². The van der Waals surface area contributed by atoms with Crippen LogP contribution in [0.15, 0.2) is 63.2 Å². The predicted molar refractivity (Wildman–Crippen MR) is 75.7 cm³/mol. The van der Waals surface area contributed by atoms with Gasteiger partial charge in [0.25, 0.3) is 0 Å². The number of carbonyl (C=O) groups is 1. The number of benzene rings is 2. The lowest BCUT2D eigenvalue weighted by Gasteiger charge is -2.05. The van der Waals surface area contributed by atoms with E-state index in [2.05, 4.69) is 0 Å². The van der Waals surface area contributed by atoms with Gasteiger partial charge in [0.2, 0.25) is 0 Å². The number of hydrogen-bond acceptors (Lipinski definition) is 3. The summed E-state index contributed by atoms with van der Waals surface area (Å²) in [7, 11) is 0. The van der Waals surface area contributed by atoms with Gasteiger partial charge in [-0.1, -0.05) is 23.9 Å². The average Bonchev–Trinajstić information content (AvgIpc) is 2.40. The van der Waals surface area contributed by atoms with Crippen LogP contribution in [0.2, 0.25) is 0 Å². The molecule has 0 aliphatic heterocycles. The largest absolute Gasteiger partial charge is 0.478 e. The van der Waals surface area contributed by atoms with Crippen LogP contribution >= 0.6 is 23.5 Å². The van der Waals surface area contributed by atoms with E-state index in [9.17, 15) is 4.79 Å². The Kier molecular flexibility index (Phi) is 4.33. The zero-order chi connectivity index (χ0) is 13.0. The first kappa shape index (κ1) is 13.1.